The number of halogens is 2. The number of carbonyl (C=O) groups excluding carboxylic acids is 2. The lowest BCUT2D eigenvalue weighted by Crippen LogP contribution is -2.50. The number of hydrogen-bond acceptors (Lipinski definition) is 10. The quantitative estimate of drug-likeness (QED) is 0.500. The fourth-order valence-corrected chi connectivity index (χ4v) is 4.33. The van der Waals surface area contributed by atoms with Gasteiger partial charge in [0.25, 0.3) is 0 Å². The maximum absolute atomic E-state index is 14.4. The van der Waals surface area contributed by atoms with Gasteiger partial charge in [0.1, 0.15) is 11.9 Å². The van der Waals surface area contributed by atoms with Crippen LogP contribution in [0.3, 0.4) is 0 Å². The molecule has 0 aliphatic carbocycles. The predicted molar refractivity (Wildman–Crippen MR) is 120 cm³/mol. The van der Waals surface area contributed by atoms with Crippen molar-refractivity contribution in [3.05, 3.63) is 77.5 Å². The van der Waals surface area contributed by atoms with Crippen LogP contribution in [0, 0.1) is 11.6 Å². The van der Waals surface area contributed by atoms with Crippen LogP contribution in [0.2, 0.25) is 0 Å². The van der Waals surface area contributed by atoms with E-state index in [0.717, 1.165) is 18.2 Å². The van der Waals surface area contributed by atoms with E-state index in [1.54, 1.807) is 24.3 Å². The largest absolute Gasteiger partial charge is 0.482 e. The lowest BCUT2D eigenvalue weighted by molar-refractivity contribution is -0.288. The normalized spacial score (nSPS) is 26.0. The molecule has 2 aromatic carbocycles. The van der Waals surface area contributed by atoms with Gasteiger partial charge in [0.2, 0.25) is 0 Å². The Kier molecular flexibility index (Phi) is 6.31. The lowest BCUT2D eigenvalue weighted by atomic mass is 9.95. The Bertz CT molecular complexity index is 1340. The summed E-state index contributed by atoms with van der Waals surface area (Å²) in [4.78, 5) is 26.8. The standard InChI is InChI=1S/C25H21F2N3O7/c1-30-10-8-19(35-20-12-14(26)5-7-17(20)27)15-6-4-13(18-3-2-9-28-29-18)11-16(15)25(30)36-23(33)21(31)22(32)24(34)37-25/h2-7,9,11-12,19,21-22,31-32H,8,10H2,1H3. The van der Waals surface area contributed by atoms with Crippen molar-refractivity contribution in [2.45, 2.75) is 30.6 Å². The number of fused-ring (bicyclic) bond motifs is 2. The summed E-state index contributed by atoms with van der Waals surface area (Å²) in [5, 5.41) is 28.1. The lowest BCUT2D eigenvalue weighted by Gasteiger charge is -2.38. The minimum absolute atomic E-state index is 0.0729. The van der Waals surface area contributed by atoms with E-state index >= 15 is 0 Å². The van der Waals surface area contributed by atoms with E-state index in [1.165, 1.54) is 24.2 Å². The Morgan fingerprint density at radius 1 is 1.05 bits per heavy atom. The topological polar surface area (TPSA) is 131 Å². The molecule has 0 bridgehead atoms. The molecule has 2 N–H and O–H groups in total. The van der Waals surface area contributed by atoms with Crippen molar-refractivity contribution in [2.75, 3.05) is 13.6 Å². The fourth-order valence-electron chi connectivity index (χ4n) is 4.33. The Morgan fingerprint density at radius 2 is 1.78 bits per heavy atom. The summed E-state index contributed by atoms with van der Waals surface area (Å²) in [6.45, 7) is 0.0729. The van der Waals surface area contributed by atoms with E-state index in [0.29, 0.717) is 16.8 Å². The minimum atomic E-state index is -2.22. The van der Waals surface area contributed by atoms with E-state index in [4.69, 9.17) is 14.2 Å². The van der Waals surface area contributed by atoms with Crippen LogP contribution in [0.15, 0.2) is 54.7 Å². The van der Waals surface area contributed by atoms with Gasteiger partial charge in [-0.05, 0) is 37.4 Å². The SMILES string of the molecule is CN1CCC(Oc2cc(F)ccc2F)c2ccc(-c3cccnn3)cc2C12OC(=O)C(O)C(O)C(=O)O2. The molecule has 2 aliphatic heterocycles. The minimum Gasteiger partial charge on any atom is -0.482 e. The second-order valence-corrected chi connectivity index (χ2v) is 8.62. The maximum Gasteiger partial charge on any atom is 0.349 e. The van der Waals surface area contributed by atoms with Gasteiger partial charge >= 0.3 is 17.8 Å². The van der Waals surface area contributed by atoms with Crippen LogP contribution in [0.1, 0.15) is 23.7 Å². The first kappa shape index (κ1) is 24.7. The first-order chi connectivity index (χ1) is 17.7. The number of esters is 2. The van der Waals surface area contributed by atoms with Crippen LogP contribution >= 0.6 is 0 Å². The third-order valence-electron chi connectivity index (χ3n) is 6.26. The van der Waals surface area contributed by atoms with Crippen molar-refractivity contribution in [1.82, 2.24) is 15.1 Å². The van der Waals surface area contributed by atoms with Crippen LogP contribution < -0.4 is 4.74 Å². The second-order valence-electron chi connectivity index (χ2n) is 8.62. The van der Waals surface area contributed by atoms with Gasteiger partial charge < -0.3 is 24.4 Å². The Labute approximate surface area is 209 Å². The highest BCUT2D eigenvalue weighted by Crippen LogP contribution is 2.44. The van der Waals surface area contributed by atoms with Gasteiger partial charge in [-0.2, -0.15) is 10.2 Å². The summed E-state index contributed by atoms with van der Waals surface area (Å²) in [6, 6.07) is 10.9. The zero-order chi connectivity index (χ0) is 26.3. The van der Waals surface area contributed by atoms with E-state index < -0.39 is 47.8 Å². The average molecular weight is 513 g/mol. The summed E-state index contributed by atoms with van der Waals surface area (Å²) in [7, 11) is 1.49. The first-order valence-electron chi connectivity index (χ1n) is 11.3. The molecule has 1 aromatic heterocycles. The highest BCUT2D eigenvalue weighted by Gasteiger charge is 2.55. The number of aliphatic hydroxyl groups excluding tert-OH is 2. The average Bonchev–Trinajstić information content (AvgIpc) is 3.06. The van der Waals surface area contributed by atoms with Crippen LogP contribution in [-0.4, -0.2) is 63.0 Å². The molecule has 1 spiro atoms. The molecule has 5 rings (SSSR count). The molecule has 3 aromatic rings. The van der Waals surface area contributed by atoms with Gasteiger partial charge in [0, 0.05) is 36.4 Å². The molecule has 37 heavy (non-hydrogen) atoms. The first-order valence-corrected chi connectivity index (χ1v) is 11.3. The van der Waals surface area contributed by atoms with E-state index in [2.05, 4.69) is 10.2 Å². The van der Waals surface area contributed by atoms with Gasteiger partial charge in [-0.1, -0.05) is 12.1 Å². The third kappa shape index (κ3) is 4.39. The molecule has 0 radical (unpaired) electrons. The molecule has 1 fully saturated rings. The smallest absolute Gasteiger partial charge is 0.349 e. The Balaban J connectivity index is 1.70. The van der Waals surface area contributed by atoms with Gasteiger partial charge in [0.05, 0.1) is 11.3 Å². The number of rotatable bonds is 3. The number of benzene rings is 2. The summed E-state index contributed by atoms with van der Waals surface area (Å²) in [6.07, 6.45) is -3.60. The van der Waals surface area contributed by atoms with E-state index in [-0.39, 0.29) is 24.3 Å². The summed E-state index contributed by atoms with van der Waals surface area (Å²) >= 11 is 0. The predicted octanol–water partition coefficient (Wildman–Crippen LogP) is 1.81. The van der Waals surface area contributed by atoms with Gasteiger partial charge in [-0.25, -0.2) is 23.3 Å². The van der Waals surface area contributed by atoms with Crippen molar-refractivity contribution in [3.8, 4) is 17.0 Å². The molecule has 3 unspecified atom stereocenters. The molecule has 2 aliphatic rings. The monoisotopic (exact) mass is 513 g/mol. The number of nitrogens with zero attached hydrogens (tertiary/aromatic N) is 3. The van der Waals surface area contributed by atoms with Crippen LogP contribution in [0.5, 0.6) is 5.75 Å². The molecule has 1 saturated heterocycles. The zero-order valence-corrected chi connectivity index (χ0v) is 19.4. The number of aromatic nitrogens is 2. The van der Waals surface area contributed by atoms with Crippen molar-refractivity contribution in [2.24, 2.45) is 0 Å². The summed E-state index contributed by atoms with van der Waals surface area (Å²) in [5.74, 6) is -6.64. The molecule has 192 valence electrons. The van der Waals surface area contributed by atoms with Crippen molar-refractivity contribution >= 4 is 11.9 Å². The molecular formula is C25H21F2N3O7. The Hall–Kier alpha value is -4.00. The summed E-state index contributed by atoms with van der Waals surface area (Å²) < 4.78 is 45.3. The van der Waals surface area contributed by atoms with Crippen molar-refractivity contribution in [1.29, 1.82) is 0 Å². The van der Waals surface area contributed by atoms with E-state index in [1.807, 2.05) is 0 Å². The number of ether oxygens (including phenoxy) is 3. The number of aliphatic hydroxyl groups is 2. The number of carbonyl (C=O) groups is 2. The zero-order valence-electron chi connectivity index (χ0n) is 19.4. The van der Waals surface area contributed by atoms with Crippen LogP contribution in [0.25, 0.3) is 11.3 Å². The van der Waals surface area contributed by atoms with Crippen LogP contribution in [-0.2, 0) is 25.0 Å². The van der Waals surface area contributed by atoms with Crippen LogP contribution in [0.4, 0.5) is 8.78 Å². The van der Waals surface area contributed by atoms with Gasteiger partial charge in [-0.15, -0.1) is 0 Å². The molecule has 3 heterocycles. The molecule has 3 atom stereocenters. The van der Waals surface area contributed by atoms with Crippen molar-refractivity contribution in [3.63, 3.8) is 0 Å². The third-order valence-corrected chi connectivity index (χ3v) is 6.26. The van der Waals surface area contributed by atoms with Gasteiger partial charge in [0.15, 0.2) is 23.8 Å². The van der Waals surface area contributed by atoms with Gasteiger partial charge in [-0.3, -0.25) is 0 Å². The molecule has 0 amide bonds. The van der Waals surface area contributed by atoms with Crippen molar-refractivity contribution < 1.29 is 42.8 Å². The summed E-state index contributed by atoms with van der Waals surface area (Å²) in [5.41, 5.74) is 1.36. The fraction of sp³-hybridized carbons (Fsp3) is 0.280. The second kappa shape index (κ2) is 9.47. The molecule has 10 nitrogen and oxygen atoms in total. The highest BCUT2D eigenvalue weighted by molar-refractivity contribution is 5.87. The number of hydrogen-bond donors (Lipinski definition) is 2. The maximum atomic E-state index is 14.4. The molecular weight excluding hydrogens is 492 g/mol. The molecule has 12 heteroatoms. The highest BCUT2D eigenvalue weighted by atomic mass is 19.1. The Morgan fingerprint density at radius 3 is 2.46 bits per heavy atom. The molecule has 0 saturated carbocycles. The van der Waals surface area contributed by atoms with E-state index in [9.17, 15) is 28.6 Å².